The Hall–Kier alpha value is -4.00. The van der Waals surface area contributed by atoms with Gasteiger partial charge in [0.2, 0.25) is 0 Å². The van der Waals surface area contributed by atoms with Gasteiger partial charge in [0.15, 0.2) is 11.6 Å². The number of aromatic nitrogens is 6. The third-order valence-corrected chi connectivity index (χ3v) is 4.81. The summed E-state index contributed by atoms with van der Waals surface area (Å²) in [6, 6.07) is 23.7. The van der Waals surface area contributed by atoms with Crippen molar-refractivity contribution in [1.29, 1.82) is 0 Å². The molecular weight excluding hydrogens is 376 g/mol. The fraction of sp³-hybridized carbons (Fsp3) is 0.130. The Morgan fingerprint density at radius 1 is 0.867 bits per heavy atom. The number of nitrogens with zero attached hydrogens (tertiary/aromatic N) is 5. The first-order valence-electron chi connectivity index (χ1n) is 9.78. The number of rotatable bonds is 5. The molecule has 0 saturated heterocycles. The molecule has 0 aliphatic carbocycles. The van der Waals surface area contributed by atoms with Crippen LogP contribution >= 0.6 is 0 Å². The van der Waals surface area contributed by atoms with Crippen LogP contribution in [0.1, 0.15) is 19.9 Å². The fourth-order valence-electron chi connectivity index (χ4n) is 3.29. The van der Waals surface area contributed by atoms with E-state index in [9.17, 15) is 0 Å². The minimum absolute atomic E-state index is 0.254. The number of hydrogen-bond donors (Lipinski definition) is 1. The second-order valence-electron chi connectivity index (χ2n) is 7.28. The molecule has 0 aliphatic heterocycles. The van der Waals surface area contributed by atoms with Gasteiger partial charge in [0.25, 0.3) is 0 Å². The summed E-state index contributed by atoms with van der Waals surface area (Å²) in [6.45, 7) is 4.17. The van der Waals surface area contributed by atoms with Crippen molar-refractivity contribution in [2.75, 3.05) is 0 Å². The quantitative estimate of drug-likeness (QED) is 0.438. The summed E-state index contributed by atoms with van der Waals surface area (Å²) in [6.07, 6.45) is 0. The topological polar surface area (TPSA) is 81.5 Å². The summed E-state index contributed by atoms with van der Waals surface area (Å²) in [5.41, 5.74) is 3.65. The predicted octanol–water partition coefficient (Wildman–Crippen LogP) is 5.26. The van der Waals surface area contributed by atoms with Crippen LogP contribution in [0.5, 0.6) is 11.5 Å². The Bertz CT molecular complexity index is 1290. The molecule has 3 aromatic carbocycles. The lowest BCUT2D eigenvalue weighted by molar-refractivity contribution is 0.483. The Morgan fingerprint density at radius 3 is 2.37 bits per heavy atom. The van der Waals surface area contributed by atoms with Gasteiger partial charge in [-0.2, -0.15) is 5.10 Å². The molecule has 2 heterocycles. The van der Waals surface area contributed by atoms with Crippen LogP contribution in [-0.2, 0) is 0 Å². The van der Waals surface area contributed by atoms with E-state index in [1.807, 2.05) is 77.5 Å². The Labute approximate surface area is 173 Å². The van der Waals surface area contributed by atoms with Crippen LogP contribution in [-0.4, -0.2) is 30.2 Å². The molecule has 7 heteroatoms. The average molecular weight is 396 g/mol. The van der Waals surface area contributed by atoms with Gasteiger partial charge in [0.1, 0.15) is 17.0 Å². The molecule has 7 nitrogen and oxygen atoms in total. The first-order valence-corrected chi connectivity index (χ1v) is 9.78. The van der Waals surface area contributed by atoms with Crippen LogP contribution in [0, 0.1) is 0 Å². The minimum Gasteiger partial charge on any atom is -0.457 e. The van der Waals surface area contributed by atoms with E-state index < -0.39 is 0 Å². The first-order chi connectivity index (χ1) is 14.7. The third kappa shape index (κ3) is 3.41. The smallest absolute Gasteiger partial charge is 0.181 e. The fourth-order valence-corrected chi connectivity index (χ4v) is 3.29. The highest BCUT2D eigenvalue weighted by molar-refractivity contribution is 5.80. The van der Waals surface area contributed by atoms with Crippen molar-refractivity contribution < 1.29 is 4.74 Å². The third-order valence-electron chi connectivity index (χ3n) is 4.81. The molecule has 0 spiro atoms. The molecule has 0 aliphatic rings. The van der Waals surface area contributed by atoms with E-state index in [1.165, 1.54) is 0 Å². The summed E-state index contributed by atoms with van der Waals surface area (Å²) >= 11 is 0. The van der Waals surface area contributed by atoms with Crippen LogP contribution in [0.15, 0.2) is 72.8 Å². The molecule has 30 heavy (non-hydrogen) atoms. The molecule has 0 unspecified atom stereocenters. The van der Waals surface area contributed by atoms with Gasteiger partial charge in [-0.15, -0.1) is 5.10 Å². The number of para-hydroxylation sites is 1. The maximum atomic E-state index is 5.84. The summed E-state index contributed by atoms with van der Waals surface area (Å²) in [7, 11) is 0. The molecule has 0 radical (unpaired) electrons. The van der Waals surface area contributed by atoms with Crippen LogP contribution in [0.25, 0.3) is 33.8 Å². The summed E-state index contributed by atoms with van der Waals surface area (Å²) in [5.74, 6) is 2.89. The van der Waals surface area contributed by atoms with Crippen molar-refractivity contribution in [2.45, 2.75) is 19.9 Å². The van der Waals surface area contributed by atoms with Crippen LogP contribution in [0.2, 0.25) is 0 Å². The van der Waals surface area contributed by atoms with E-state index in [2.05, 4.69) is 39.3 Å². The maximum Gasteiger partial charge on any atom is 0.181 e. The van der Waals surface area contributed by atoms with Crippen LogP contribution in [0.4, 0.5) is 0 Å². The number of hydrogen-bond acceptors (Lipinski definition) is 5. The van der Waals surface area contributed by atoms with Gasteiger partial charge in [-0.25, -0.2) is 9.67 Å². The molecule has 1 N–H and O–H groups in total. The Balaban J connectivity index is 1.38. The first kappa shape index (κ1) is 18.1. The van der Waals surface area contributed by atoms with E-state index >= 15 is 0 Å². The molecule has 0 fully saturated rings. The van der Waals surface area contributed by atoms with Gasteiger partial charge in [0.05, 0.1) is 5.52 Å². The van der Waals surface area contributed by atoms with Gasteiger partial charge in [-0.1, -0.05) is 23.4 Å². The standard InChI is InChI=1S/C23H20N6O/c1-15(2)29-21-13-10-17(14-20(21)25-28-29)23-24-22(26-27-23)16-8-11-19(12-9-16)30-18-6-4-3-5-7-18/h3-15H,1-2H3,(H,24,26,27). The molecule has 0 saturated carbocycles. The highest BCUT2D eigenvalue weighted by atomic mass is 16.5. The highest BCUT2D eigenvalue weighted by Crippen LogP contribution is 2.26. The number of aromatic amines is 1. The van der Waals surface area contributed by atoms with Crippen molar-refractivity contribution >= 4 is 11.0 Å². The van der Waals surface area contributed by atoms with Crippen molar-refractivity contribution in [3.05, 3.63) is 72.8 Å². The van der Waals surface area contributed by atoms with Crippen molar-refractivity contribution in [3.8, 4) is 34.3 Å². The number of benzene rings is 3. The molecule has 0 atom stereocenters. The zero-order valence-corrected chi connectivity index (χ0v) is 16.6. The second-order valence-corrected chi connectivity index (χ2v) is 7.28. The van der Waals surface area contributed by atoms with Crippen molar-refractivity contribution in [1.82, 2.24) is 30.2 Å². The normalized spacial score (nSPS) is 11.3. The SMILES string of the molecule is CC(C)n1nnc2cc(-c3n[nH]c(-c4ccc(Oc5ccccc5)cc4)n3)ccc21. The van der Waals surface area contributed by atoms with Gasteiger partial charge in [0, 0.05) is 17.2 Å². The lowest BCUT2D eigenvalue weighted by Crippen LogP contribution is -2.02. The van der Waals surface area contributed by atoms with E-state index in [1.54, 1.807) is 0 Å². The van der Waals surface area contributed by atoms with E-state index in [0.29, 0.717) is 11.6 Å². The Morgan fingerprint density at radius 2 is 1.60 bits per heavy atom. The molecule has 0 amide bonds. The zero-order chi connectivity index (χ0) is 20.5. The Kier molecular flexibility index (Phi) is 4.48. The van der Waals surface area contributed by atoms with Gasteiger partial charge < -0.3 is 4.74 Å². The summed E-state index contributed by atoms with van der Waals surface area (Å²) in [4.78, 5) is 4.65. The number of fused-ring (bicyclic) bond motifs is 1. The molecule has 2 aromatic heterocycles. The minimum atomic E-state index is 0.254. The van der Waals surface area contributed by atoms with E-state index in [4.69, 9.17) is 4.74 Å². The monoisotopic (exact) mass is 396 g/mol. The van der Waals surface area contributed by atoms with Gasteiger partial charge in [-0.3, -0.25) is 5.10 Å². The number of H-pyrrole nitrogens is 1. The second kappa shape index (κ2) is 7.44. The predicted molar refractivity (Wildman–Crippen MR) is 115 cm³/mol. The summed E-state index contributed by atoms with van der Waals surface area (Å²) < 4.78 is 7.75. The molecule has 5 aromatic rings. The van der Waals surface area contributed by atoms with E-state index in [0.717, 1.165) is 33.7 Å². The molecule has 0 bridgehead atoms. The van der Waals surface area contributed by atoms with E-state index in [-0.39, 0.29) is 6.04 Å². The van der Waals surface area contributed by atoms with Gasteiger partial charge >= 0.3 is 0 Å². The number of nitrogens with one attached hydrogen (secondary N) is 1. The van der Waals surface area contributed by atoms with Crippen LogP contribution < -0.4 is 4.74 Å². The lowest BCUT2D eigenvalue weighted by Gasteiger charge is -2.05. The molecule has 148 valence electrons. The molecular formula is C23H20N6O. The van der Waals surface area contributed by atoms with Crippen molar-refractivity contribution in [2.24, 2.45) is 0 Å². The zero-order valence-electron chi connectivity index (χ0n) is 16.6. The van der Waals surface area contributed by atoms with Gasteiger partial charge in [-0.05, 0) is 68.4 Å². The van der Waals surface area contributed by atoms with Crippen molar-refractivity contribution in [3.63, 3.8) is 0 Å². The summed E-state index contributed by atoms with van der Waals surface area (Å²) in [5, 5.41) is 15.9. The largest absolute Gasteiger partial charge is 0.457 e. The number of ether oxygens (including phenoxy) is 1. The lowest BCUT2D eigenvalue weighted by atomic mass is 10.2. The average Bonchev–Trinajstić information content (AvgIpc) is 3.42. The molecule has 5 rings (SSSR count). The van der Waals surface area contributed by atoms with Crippen LogP contribution in [0.3, 0.4) is 0 Å². The highest BCUT2D eigenvalue weighted by Gasteiger charge is 2.12. The maximum absolute atomic E-state index is 5.84.